The number of nitrogens with zero attached hydrogens (tertiary/aromatic N) is 1. The lowest BCUT2D eigenvalue weighted by Crippen LogP contribution is -2.35. The smallest absolute Gasteiger partial charge is 0.00160 e. The molecular formula is C13H26N2. The van der Waals surface area contributed by atoms with Gasteiger partial charge in [-0.3, -0.25) is 0 Å². The number of hydrogen-bond acceptors (Lipinski definition) is 2. The third kappa shape index (κ3) is 2.73. The van der Waals surface area contributed by atoms with Crippen LogP contribution in [0.4, 0.5) is 0 Å². The van der Waals surface area contributed by atoms with Gasteiger partial charge >= 0.3 is 0 Å². The van der Waals surface area contributed by atoms with Gasteiger partial charge in [0.1, 0.15) is 0 Å². The molecular weight excluding hydrogens is 184 g/mol. The lowest BCUT2D eigenvalue weighted by Gasteiger charge is -2.38. The maximum Gasteiger partial charge on any atom is -0.00160 e. The Labute approximate surface area is 94.2 Å². The molecule has 0 bridgehead atoms. The third-order valence-electron chi connectivity index (χ3n) is 4.65. The first kappa shape index (κ1) is 11.4. The van der Waals surface area contributed by atoms with E-state index in [9.17, 15) is 0 Å². The molecule has 1 saturated heterocycles. The second-order valence-corrected chi connectivity index (χ2v) is 5.86. The summed E-state index contributed by atoms with van der Waals surface area (Å²) in [5.74, 6) is 1.01. The molecule has 88 valence electrons. The summed E-state index contributed by atoms with van der Waals surface area (Å²) in [5, 5.41) is 0. The molecule has 2 fully saturated rings. The highest BCUT2D eigenvalue weighted by Crippen LogP contribution is 2.42. The van der Waals surface area contributed by atoms with Gasteiger partial charge in [0, 0.05) is 0 Å². The summed E-state index contributed by atoms with van der Waals surface area (Å²) in [6.45, 7) is 3.44. The van der Waals surface area contributed by atoms with Gasteiger partial charge in [-0.25, -0.2) is 0 Å². The Bertz CT molecular complexity index is 201. The summed E-state index contributed by atoms with van der Waals surface area (Å²) in [7, 11) is 2.25. The van der Waals surface area contributed by atoms with E-state index < -0.39 is 0 Å². The summed E-state index contributed by atoms with van der Waals surface area (Å²) < 4.78 is 0. The van der Waals surface area contributed by atoms with Crippen molar-refractivity contribution in [2.45, 2.75) is 44.9 Å². The molecule has 2 aliphatic rings. The first-order chi connectivity index (χ1) is 7.24. The van der Waals surface area contributed by atoms with E-state index >= 15 is 0 Å². The van der Waals surface area contributed by atoms with Crippen LogP contribution in [-0.4, -0.2) is 31.6 Å². The molecule has 0 amide bonds. The summed E-state index contributed by atoms with van der Waals surface area (Å²) in [4.78, 5) is 2.47. The van der Waals surface area contributed by atoms with E-state index in [2.05, 4.69) is 11.9 Å². The molecule has 1 unspecified atom stereocenters. The average molecular weight is 210 g/mol. The van der Waals surface area contributed by atoms with Crippen molar-refractivity contribution in [3.8, 4) is 0 Å². The Kier molecular flexibility index (Phi) is 3.68. The fourth-order valence-electron chi connectivity index (χ4n) is 3.19. The SMILES string of the molecule is CN1CCCC(CN)(CC2CCC2)CC1. The zero-order valence-electron chi connectivity index (χ0n) is 10.2. The first-order valence-electron chi connectivity index (χ1n) is 6.63. The molecule has 0 aromatic rings. The van der Waals surface area contributed by atoms with Crippen molar-refractivity contribution in [2.75, 3.05) is 26.7 Å². The van der Waals surface area contributed by atoms with Gasteiger partial charge in [0.05, 0.1) is 0 Å². The highest BCUT2D eigenvalue weighted by atomic mass is 15.1. The van der Waals surface area contributed by atoms with Crippen LogP contribution in [0.1, 0.15) is 44.9 Å². The van der Waals surface area contributed by atoms with Crippen LogP contribution in [-0.2, 0) is 0 Å². The molecule has 0 radical (unpaired) electrons. The van der Waals surface area contributed by atoms with Crippen molar-refractivity contribution < 1.29 is 0 Å². The zero-order chi connectivity index (χ0) is 10.7. The lowest BCUT2D eigenvalue weighted by atomic mass is 9.68. The minimum Gasteiger partial charge on any atom is -0.330 e. The molecule has 0 aromatic heterocycles. The monoisotopic (exact) mass is 210 g/mol. The van der Waals surface area contributed by atoms with Gasteiger partial charge in [-0.2, -0.15) is 0 Å². The molecule has 1 saturated carbocycles. The van der Waals surface area contributed by atoms with E-state index in [1.165, 1.54) is 58.0 Å². The van der Waals surface area contributed by atoms with Gasteiger partial charge < -0.3 is 10.6 Å². The van der Waals surface area contributed by atoms with Gasteiger partial charge in [-0.1, -0.05) is 19.3 Å². The van der Waals surface area contributed by atoms with Crippen LogP contribution in [0, 0.1) is 11.3 Å². The van der Waals surface area contributed by atoms with Crippen LogP contribution in [0.15, 0.2) is 0 Å². The number of likely N-dealkylation sites (tertiary alicyclic amines) is 1. The van der Waals surface area contributed by atoms with Gasteiger partial charge in [-0.05, 0) is 63.7 Å². The molecule has 15 heavy (non-hydrogen) atoms. The number of rotatable bonds is 3. The maximum absolute atomic E-state index is 6.06. The number of nitrogens with two attached hydrogens (primary N) is 1. The zero-order valence-corrected chi connectivity index (χ0v) is 10.2. The fraction of sp³-hybridized carbons (Fsp3) is 1.00. The summed E-state index contributed by atoms with van der Waals surface area (Å²) in [5.41, 5.74) is 6.56. The largest absolute Gasteiger partial charge is 0.330 e. The van der Waals surface area contributed by atoms with Crippen molar-refractivity contribution in [3.63, 3.8) is 0 Å². The van der Waals surface area contributed by atoms with Gasteiger partial charge in [0.15, 0.2) is 0 Å². The highest BCUT2D eigenvalue weighted by Gasteiger charge is 2.34. The minimum absolute atomic E-state index is 0.496. The molecule has 1 aliphatic carbocycles. The Balaban J connectivity index is 1.92. The summed E-state index contributed by atoms with van der Waals surface area (Å²) >= 11 is 0. The topological polar surface area (TPSA) is 29.3 Å². The van der Waals surface area contributed by atoms with E-state index in [1.54, 1.807) is 0 Å². The van der Waals surface area contributed by atoms with Crippen LogP contribution in [0.5, 0.6) is 0 Å². The van der Waals surface area contributed by atoms with E-state index in [1.807, 2.05) is 0 Å². The van der Waals surface area contributed by atoms with Crippen LogP contribution in [0.3, 0.4) is 0 Å². The van der Waals surface area contributed by atoms with Crippen molar-refractivity contribution in [3.05, 3.63) is 0 Å². The average Bonchev–Trinajstić information content (AvgIpc) is 2.36. The van der Waals surface area contributed by atoms with Gasteiger partial charge in [0.2, 0.25) is 0 Å². The van der Waals surface area contributed by atoms with Crippen molar-refractivity contribution in [1.82, 2.24) is 4.90 Å². The van der Waals surface area contributed by atoms with E-state index in [0.717, 1.165) is 12.5 Å². The Morgan fingerprint density at radius 3 is 2.60 bits per heavy atom. The molecule has 2 N–H and O–H groups in total. The van der Waals surface area contributed by atoms with Gasteiger partial charge in [0.25, 0.3) is 0 Å². The number of hydrogen-bond donors (Lipinski definition) is 1. The van der Waals surface area contributed by atoms with Crippen LogP contribution >= 0.6 is 0 Å². The van der Waals surface area contributed by atoms with E-state index in [0.29, 0.717) is 5.41 Å². The quantitative estimate of drug-likeness (QED) is 0.774. The van der Waals surface area contributed by atoms with Gasteiger partial charge in [-0.15, -0.1) is 0 Å². The Morgan fingerprint density at radius 1 is 1.20 bits per heavy atom. The van der Waals surface area contributed by atoms with Crippen molar-refractivity contribution in [2.24, 2.45) is 17.1 Å². The molecule has 2 nitrogen and oxygen atoms in total. The van der Waals surface area contributed by atoms with Crippen LogP contribution < -0.4 is 5.73 Å². The summed E-state index contributed by atoms with van der Waals surface area (Å²) in [6, 6.07) is 0. The van der Waals surface area contributed by atoms with E-state index in [4.69, 9.17) is 5.73 Å². The summed E-state index contributed by atoms with van der Waals surface area (Å²) in [6.07, 6.45) is 9.86. The minimum atomic E-state index is 0.496. The maximum atomic E-state index is 6.06. The molecule has 0 aromatic carbocycles. The van der Waals surface area contributed by atoms with Crippen LogP contribution in [0.2, 0.25) is 0 Å². The first-order valence-corrected chi connectivity index (χ1v) is 6.63. The molecule has 2 rings (SSSR count). The van der Waals surface area contributed by atoms with E-state index in [-0.39, 0.29) is 0 Å². The molecule has 1 atom stereocenters. The molecule has 1 heterocycles. The second-order valence-electron chi connectivity index (χ2n) is 5.86. The Hall–Kier alpha value is -0.0800. The second kappa shape index (κ2) is 4.84. The predicted octanol–water partition coefficient (Wildman–Crippen LogP) is 2.24. The lowest BCUT2D eigenvalue weighted by molar-refractivity contribution is 0.145. The predicted molar refractivity (Wildman–Crippen MR) is 64.8 cm³/mol. The highest BCUT2D eigenvalue weighted by molar-refractivity contribution is 4.88. The normalized spacial score (nSPS) is 34.8. The molecule has 1 aliphatic heterocycles. The standard InChI is InChI=1S/C13H26N2/c1-15-8-3-6-13(11-14,7-9-15)10-12-4-2-5-12/h12H,2-11,14H2,1H3. The molecule has 2 heteroatoms. The third-order valence-corrected chi connectivity index (χ3v) is 4.65. The van der Waals surface area contributed by atoms with Crippen LogP contribution in [0.25, 0.3) is 0 Å². The molecule has 0 spiro atoms. The van der Waals surface area contributed by atoms with Crippen molar-refractivity contribution >= 4 is 0 Å². The fourth-order valence-corrected chi connectivity index (χ4v) is 3.19. The van der Waals surface area contributed by atoms with Crippen molar-refractivity contribution in [1.29, 1.82) is 0 Å². The Morgan fingerprint density at radius 2 is 2.00 bits per heavy atom.